The molecular formula is C21H17F5N6O4. The highest BCUT2D eigenvalue weighted by atomic mass is 19.4. The summed E-state index contributed by atoms with van der Waals surface area (Å²) in [6, 6.07) is 9.41. The van der Waals surface area contributed by atoms with Crippen LogP contribution in [0.25, 0.3) is 10.9 Å². The van der Waals surface area contributed by atoms with E-state index in [-0.39, 0.29) is 5.52 Å². The first-order valence-electron chi connectivity index (χ1n) is 9.74. The summed E-state index contributed by atoms with van der Waals surface area (Å²) < 4.78 is 69.4. The van der Waals surface area contributed by atoms with Crippen LogP contribution < -0.4 is 20.1 Å². The van der Waals surface area contributed by atoms with Crippen LogP contribution >= 0.6 is 0 Å². The van der Waals surface area contributed by atoms with E-state index >= 15 is 0 Å². The number of H-pyrrole nitrogens is 1. The summed E-state index contributed by atoms with van der Waals surface area (Å²) in [6.45, 7) is 0. The molecule has 0 bridgehead atoms. The molecule has 0 saturated heterocycles. The zero-order valence-corrected chi connectivity index (χ0v) is 18.4. The molecular weight excluding hydrogens is 495 g/mol. The molecule has 0 unspecified atom stereocenters. The van der Waals surface area contributed by atoms with Crippen LogP contribution in [0.1, 0.15) is 0 Å². The van der Waals surface area contributed by atoms with Crippen LogP contribution in [0.4, 0.5) is 45.2 Å². The van der Waals surface area contributed by atoms with Crippen LogP contribution in [0.15, 0.2) is 42.6 Å². The van der Waals surface area contributed by atoms with Crippen molar-refractivity contribution < 1.29 is 41.3 Å². The highest BCUT2D eigenvalue weighted by Gasteiger charge is 2.38. The molecule has 0 aliphatic carbocycles. The van der Waals surface area contributed by atoms with Gasteiger partial charge < -0.3 is 25.2 Å². The van der Waals surface area contributed by atoms with Gasteiger partial charge in [-0.1, -0.05) is 0 Å². The van der Waals surface area contributed by atoms with E-state index in [0.29, 0.717) is 40.2 Å². The van der Waals surface area contributed by atoms with Gasteiger partial charge in [-0.25, -0.2) is 18.6 Å². The maximum absolute atomic E-state index is 13.8. The smallest absolute Gasteiger partial charge is 0.490 e. The molecule has 0 fully saturated rings. The van der Waals surface area contributed by atoms with Crippen LogP contribution in [0.2, 0.25) is 0 Å². The van der Waals surface area contributed by atoms with Crippen molar-refractivity contribution in [1.29, 1.82) is 0 Å². The molecule has 0 amide bonds. The summed E-state index contributed by atoms with van der Waals surface area (Å²) >= 11 is 0. The van der Waals surface area contributed by atoms with Gasteiger partial charge >= 0.3 is 12.1 Å². The highest BCUT2D eigenvalue weighted by Crippen LogP contribution is 2.31. The van der Waals surface area contributed by atoms with Crippen molar-refractivity contribution in [2.75, 3.05) is 24.9 Å². The summed E-state index contributed by atoms with van der Waals surface area (Å²) in [5, 5.41) is 20.0. The van der Waals surface area contributed by atoms with E-state index in [1.165, 1.54) is 6.07 Å². The number of hydrogen-bond acceptors (Lipinski definition) is 8. The van der Waals surface area contributed by atoms with E-state index in [1.54, 1.807) is 44.7 Å². The van der Waals surface area contributed by atoms with Gasteiger partial charge in [-0.2, -0.15) is 23.3 Å². The Hall–Kier alpha value is -4.69. The van der Waals surface area contributed by atoms with Gasteiger partial charge in [0.2, 0.25) is 5.95 Å². The van der Waals surface area contributed by atoms with Crippen molar-refractivity contribution in [3.05, 3.63) is 54.2 Å². The van der Waals surface area contributed by atoms with Crippen molar-refractivity contribution in [2.45, 2.75) is 6.18 Å². The number of anilines is 4. The molecule has 0 aliphatic rings. The molecule has 0 spiro atoms. The average molecular weight is 512 g/mol. The monoisotopic (exact) mass is 512 g/mol. The van der Waals surface area contributed by atoms with E-state index in [2.05, 4.69) is 30.8 Å². The van der Waals surface area contributed by atoms with Gasteiger partial charge in [0.25, 0.3) is 0 Å². The van der Waals surface area contributed by atoms with Crippen LogP contribution in [-0.2, 0) is 4.79 Å². The largest absolute Gasteiger partial charge is 0.493 e. The molecule has 0 aliphatic heterocycles. The van der Waals surface area contributed by atoms with Gasteiger partial charge in [-0.3, -0.25) is 5.10 Å². The fraction of sp³-hybridized carbons (Fsp3) is 0.143. The third-order valence-electron chi connectivity index (χ3n) is 4.41. The second-order valence-corrected chi connectivity index (χ2v) is 6.74. The van der Waals surface area contributed by atoms with Crippen LogP contribution in [0, 0.1) is 11.6 Å². The maximum Gasteiger partial charge on any atom is 0.490 e. The lowest BCUT2D eigenvalue weighted by Crippen LogP contribution is -2.21. The molecule has 2 heterocycles. The molecule has 0 atom stereocenters. The number of nitrogens with zero attached hydrogens (tertiary/aromatic N) is 3. The molecule has 36 heavy (non-hydrogen) atoms. The van der Waals surface area contributed by atoms with Gasteiger partial charge in [0.1, 0.15) is 11.3 Å². The molecule has 2 aromatic carbocycles. The van der Waals surface area contributed by atoms with Crippen molar-refractivity contribution in [1.82, 2.24) is 20.2 Å². The number of aromatic nitrogens is 4. The second kappa shape index (κ2) is 10.7. The number of alkyl halides is 3. The summed E-state index contributed by atoms with van der Waals surface area (Å²) in [6.07, 6.45) is -3.53. The minimum atomic E-state index is -5.08. The minimum absolute atomic E-state index is 0.0229. The van der Waals surface area contributed by atoms with Crippen molar-refractivity contribution in [3.63, 3.8) is 0 Å². The Morgan fingerprint density at radius 2 is 1.72 bits per heavy atom. The Morgan fingerprint density at radius 1 is 1.03 bits per heavy atom. The molecule has 4 N–H and O–H groups in total. The number of fused-ring (bicyclic) bond motifs is 1. The third kappa shape index (κ3) is 6.05. The zero-order chi connectivity index (χ0) is 26.5. The summed E-state index contributed by atoms with van der Waals surface area (Å²) in [7, 11) is 3.10. The van der Waals surface area contributed by atoms with Crippen LogP contribution in [0.3, 0.4) is 0 Å². The van der Waals surface area contributed by atoms with Crippen molar-refractivity contribution >= 4 is 40.1 Å². The first-order chi connectivity index (χ1) is 17.0. The van der Waals surface area contributed by atoms with Crippen molar-refractivity contribution in [3.8, 4) is 11.5 Å². The third-order valence-corrected chi connectivity index (χ3v) is 4.41. The lowest BCUT2D eigenvalue weighted by atomic mass is 10.2. The summed E-state index contributed by atoms with van der Waals surface area (Å²) in [5.74, 6) is -2.48. The Kier molecular flexibility index (Phi) is 7.71. The minimum Gasteiger partial charge on any atom is -0.493 e. The van der Waals surface area contributed by atoms with Crippen LogP contribution in [0.5, 0.6) is 11.5 Å². The molecule has 4 aromatic rings. The van der Waals surface area contributed by atoms with E-state index in [4.69, 9.17) is 19.4 Å². The van der Waals surface area contributed by atoms with E-state index in [1.807, 2.05) is 0 Å². The van der Waals surface area contributed by atoms with Crippen LogP contribution in [-0.4, -0.2) is 51.6 Å². The lowest BCUT2D eigenvalue weighted by molar-refractivity contribution is -0.192. The fourth-order valence-electron chi connectivity index (χ4n) is 2.78. The first kappa shape index (κ1) is 25.9. The number of methoxy groups -OCH3 is 2. The van der Waals surface area contributed by atoms with Gasteiger partial charge in [0.05, 0.1) is 14.2 Å². The van der Waals surface area contributed by atoms with Gasteiger partial charge in [0.15, 0.2) is 29.0 Å². The predicted molar refractivity (Wildman–Crippen MR) is 118 cm³/mol. The topological polar surface area (TPSA) is 134 Å². The number of benzene rings is 2. The number of halogens is 5. The van der Waals surface area contributed by atoms with E-state index in [0.717, 1.165) is 6.07 Å². The Bertz CT molecular complexity index is 1380. The fourth-order valence-corrected chi connectivity index (χ4v) is 2.78. The number of carboxylic acid groups (broad SMARTS) is 1. The van der Waals surface area contributed by atoms with Crippen molar-refractivity contribution in [2.24, 2.45) is 0 Å². The number of nitrogens with one attached hydrogen (secondary N) is 3. The summed E-state index contributed by atoms with van der Waals surface area (Å²) in [4.78, 5) is 17.4. The number of ether oxygens (including phenoxy) is 2. The number of hydrogen-bond donors (Lipinski definition) is 4. The van der Waals surface area contributed by atoms with E-state index in [9.17, 15) is 22.0 Å². The van der Waals surface area contributed by atoms with Gasteiger partial charge in [-0.15, -0.1) is 0 Å². The number of aromatic amines is 1. The van der Waals surface area contributed by atoms with E-state index < -0.39 is 23.8 Å². The number of carboxylic acids is 1. The standard InChI is InChI=1S/C19H16F2N6O2.C2HF3O2/c1-28-13-6-3-10(9-14(13)29-2)23-19-22-8-7-15(25-19)24-18-11-4-5-12(20)16(21)17(11)26-27-18;3-2(4,5)1(6)7/h3-9H,1-2H3,(H3,22,23,24,25,26,27);(H,6,7). The molecule has 10 nitrogen and oxygen atoms in total. The average Bonchev–Trinajstić information content (AvgIpc) is 3.24. The first-order valence-corrected chi connectivity index (χ1v) is 9.74. The Morgan fingerprint density at radius 3 is 2.36 bits per heavy atom. The van der Waals surface area contributed by atoms with Gasteiger partial charge in [0, 0.05) is 23.3 Å². The molecule has 4 rings (SSSR count). The maximum atomic E-state index is 13.8. The molecule has 0 radical (unpaired) electrons. The highest BCUT2D eigenvalue weighted by molar-refractivity contribution is 5.91. The molecule has 15 heteroatoms. The molecule has 0 saturated carbocycles. The number of aliphatic carboxylic acids is 1. The lowest BCUT2D eigenvalue weighted by Gasteiger charge is -2.11. The Balaban J connectivity index is 0.000000454. The quantitative estimate of drug-likeness (QED) is 0.270. The number of carbonyl (C=O) groups is 1. The normalized spacial score (nSPS) is 10.9. The molecule has 190 valence electrons. The number of rotatable bonds is 6. The zero-order valence-electron chi connectivity index (χ0n) is 18.4. The second-order valence-electron chi connectivity index (χ2n) is 6.74. The summed E-state index contributed by atoms with van der Waals surface area (Å²) in [5.41, 5.74) is 0.674. The Labute approximate surface area is 199 Å². The predicted octanol–water partition coefficient (Wildman–Crippen LogP) is 4.77. The van der Waals surface area contributed by atoms with Gasteiger partial charge in [-0.05, 0) is 30.3 Å². The molecule has 2 aromatic heterocycles. The SMILES string of the molecule is COc1ccc(Nc2nccc(Nc3n[nH]c4c(F)c(F)ccc34)n2)cc1OC.O=C(O)C(F)(F)F.